The molecule has 15 heavy (non-hydrogen) atoms. The van der Waals surface area contributed by atoms with E-state index in [2.05, 4.69) is 9.72 Å². The Labute approximate surface area is 87.8 Å². The van der Waals surface area contributed by atoms with Gasteiger partial charge in [0.05, 0.1) is 13.5 Å². The molecule has 0 amide bonds. The molecule has 0 saturated heterocycles. The molecule has 0 atom stereocenters. The molecule has 0 spiro atoms. The first-order valence-electron chi connectivity index (χ1n) is 4.36. The van der Waals surface area contributed by atoms with Crippen molar-refractivity contribution in [3.63, 3.8) is 0 Å². The monoisotopic (exact) mass is 202 g/mol. The highest BCUT2D eigenvalue weighted by Crippen LogP contribution is 2.02. The molecule has 76 valence electrons. The molecule has 0 aromatic carbocycles. The van der Waals surface area contributed by atoms with Gasteiger partial charge in [-0.2, -0.15) is 5.26 Å². The molecular formula is C11H10N2O2. The first-order chi connectivity index (χ1) is 7.26. The lowest BCUT2D eigenvalue weighted by molar-refractivity contribution is -0.139. The number of nitrogens with zero attached hydrogens (tertiary/aromatic N) is 2. The summed E-state index contributed by atoms with van der Waals surface area (Å²) in [6, 6.07) is 5.31. The Kier molecular flexibility index (Phi) is 4.05. The van der Waals surface area contributed by atoms with E-state index < -0.39 is 0 Å². The van der Waals surface area contributed by atoms with Crippen LogP contribution in [0.4, 0.5) is 0 Å². The molecule has 1 aromatic rings. The van der Waals surface area contributed by atoms with Crippen molar-refractivity contribution in [2.75, 3.05) is 7.11 Å². The van der Waals surface area contributed by atoms with Crippen LogP contribution in [0.25, 0.3) is 6.08 Å². The number of ether oxygens (including phenoxy) is 1. The van der Waals surface area contributed by atoms with Crippen LogP contribution < -0.4 is 0 Å². The van der Waals surface area contributed by atoms with Crippen LogP contribution in [0.3, 0.4) is 0 Å². The Morgan fingerprint density at radius 3 is 3.00 bits per heavy atom. The van der Waals surface area contributed by atoms with E-state index >= 15 is 0 Å². The third-order valence-electron chi connectivity index (χ3n) is 1.72. The second kappa shape index (κ2) is 5.55. The van der Waals surface area contributed by atoms with Gasteiger partial charge in [-0.1, -0.05) is 18.2 Å². The number of carbonyl (C=O) groups is 1. The maximum atomic E-state index is 10.8. The Bertz CT molecular complexity index is 402. The summed E-state index contributed by atoms with van der Waals surface area (Å²) in [5.41, 5.74) is 1.22. The number of rotatable bonds is 3. The zero-order valence-electron chi connectivity index (χ0n) is 8.30. The number of hydrogen-bond donors (Lipinski definition) is 0. The fourth-order valence-electron chi connectivity index (χ4n) is 0.945. The standard InChI is InChI=1S/C11H10N2O2/c1-15-11(14)4-2-3-9-5-6-10(7-12)13-8-9/h2-3,5-6,8H,4H2,1H3. The molecule has 0 unspecified atom stereocenters. The molecule has 1 rings (SSSR count). The van der Waals surface area contributed by atoms with Crippen molar-refractivity contribution in [2.24, 2.45) is 0 Å². The summed E-state index contributed by atoms with van der Waals surface area (Å²) >= 11 is 0. The average molecular weight is 202 g/mol. The minimum Gasteiger partial charge on any atom is -0.469 e. The van der Waals surface area contributed by atoms with Crippen molar-refractivity contribution in [1.82, 2.24) is 4.98 Å². The minimum absolute atomic E-state index is 0.233. The van der Waals surface area contributed by atoms with Crippen molar-refractivity contribution in [3.05, 3.63) is 35.7 Å². The molecular weight excluding hydrogens is 192 g/mol. The SMILES string of the molecule is COC(=O)CC=Cc1ccc(C#N)nc1. The van der Waals surface area contributed by atoms with Gasteiger partial charge in [0, 0.05) is 6.20 Å². The second-order valence-corrected chi connectivity index (χ2v) is 2.77. The maximum Gasteiger partial charge on any atom is 0.309 e. The Morgan fingerprint density at radius 2 is 2.47 bits per heavy atom. The van der Waals surface area contributed by atoms with Gasteiger partial charge in [-0.15, -0.1) is 0 Å². The Balaban J connectivity index is 2.58. The molecule has 0 saturated carbocycles. The van der Waals surface area contributed by atoms with Crippen molar-refractivity contribution in [3.8, 4) is 6.07 Å². The van der Waals surface area contributed by atoms with Crippen LogP contribution >= 0.6 is 0 Å². The van der Waals surface area contributed by atoms with Crippen molar-refractivity contribution in [2.45, 2.75) is 6.42 Å². The summed E-state index contributed by atoms with van der Waals surface area (Å²) in [6.45, 7) is 0. The van der Waals surface area contributed by atoms with Crippen LogP contribution in [0.15, 0.2) is 24.4 Å². The zero-order chi connectivity index (χ0) is 11.1. The summed E-state index contributed by atoms with van der Waals surface area (Å²) < 4.78 is 4.48. The van der Waals surface area contributed by atoms with E-state index in [1.54, 1.807) is 30.5 Å². The molecule has 0 N–H and O–H groups in total. The van der Waals surface area contributed by atoms with E-state index in [-0.39, 0.29) is 12.4 Å². The Morgan fingerprint density at radius 1 is 1.67 bits per heavy atom. The molecule has 0 aliphatic rings. The van der Waals surface area contributed by atoms with E-state index in [1.165, 1.54) is 7.11 Å². The lowest BCUT2D eigenvalue weighted by Gasteiger charge is -1.93. The van der Waals surface area contributed by atoms with E-state index in [4.69, 9.17) is 5.26 Å². The maximum absolute atomic E-state index is 10.8. The summed E-state index contributed by atoms with van der Waals surface area (Å²) in [5.74, 6) is -0.284. The molecule has 0 aliphatic heterocycles. The highest BCUT2D eigenvalue weighted by Gasteiger charge is 1.94. The fraction of sp³-hybridized carbons (Fsp3) is 0.182. The molecule has 0 fully saturated rings. The van der Waals surface area contributed by atoms with Gasteiger partial charge in [0.15, 0.2) is 0 Å². The van der Waals surface area contributed by atoms with Crippen LogP contribution in [0.5, 0.6) is 0 Å². The van der Waals surface area contributed by atoms with Gasteiger partial charge in [0.25, 0.3) is 0 Å². The van der Waals surface area contributed by atoms with Crippen molar-refractivity contribution >= 4 is 12.0 Å². The normalized spacial score (nSPS) is 9.87. The predicted octanol–water partition coefficient (Wildman–Crippen LogP) is 1.53. The fourth-order valence-corrected chi connectivity index (χ4v) is 0.945. The largest absolute Gasteiger partial charge is 0.469 e. The van der Waals surface area contributed by atoms with Gasteiger partial charge in [0.2, 0.25) is 0 Å². The molecule has 0 aliphatic carbocycles. The minimum atomic E-state index is -0.284. The highest BCUT2D eigenvalue weighted by molar-refractivity contribution is 5.72. The molecule has 0 radical (unpaired) electrons. The number of nitriles is 1. The second-order valence-electron chi connectivity index (χ2n) is 2.77. The topological polar surface area (TPSA) is 63.0 Å². The number of hydrogen-bond acceptors (Lipinski definition) is 4. The van der Waals surface area contributed by atoms with Gasteiger partial charge in [0.1, 0.15) is 11.8 Å². The van der Waals surface area contributed by atoms with Gasteiger partial charge in [-0.05, 0) is 11.6 Å². The van der Waals surface area contributed by atoms with Gasteiger partial charge in [-0.3, -0.25) is 4.79 Å². The number of aromatic nitrogens is 1. The van der Waals surface area contributed by atoms with Gasteiger partial charge in [-0.25, -0.2) is 4.98 Å². The molecule has 1 heterocycles. The number of esters is 1. The van der Waals surface area contributed by atoms with Crippen LogP contribution in [-0.4, -0.2) is 18.1 Å². The van der Waals surface area contributed by atoms with E-state index in [1.807, 2.05) is 6.07 Å². The van der Waals surface area contributed by atoms with Gasteiger partial charge >= 0.3 is 5.97 Å². The van der Waals surface area contributed by atoms with Crippen LogP contribution in [-0.2, 0) is 9.53 Å². The zero-order valence-corrected chi connectivity index (χ0v) is 8.30. The van der Waals surface area contributed by atoms with Crippen molar-refractivity contribution in [1.29, 1.82) is 5.26 Å². The molecule has 4 nitrogen and oxygen atoms in total. The third kappa shape index (κ3) is 3.61. The van der Waals surface area contributed by atoms with Gasteiger partial charge < -0.3 is 4.74 Å². The number of pyridine rings is 1. The average Bonchev–Trinajstić information content (AvgIpc) is 2.29. The van der Waals surface area contributed by atoms with Crippen LogP contribution in [0, 0.1) is 11.3 Å². The van der Waals surface area contributed by atoms with Crippen LogP contribution in [0.1, 0.15) is 17.7 Å². The van der Waals surface area contributed by atoms with E-state index in [0.717, 1.165) is 5.56 Å². The summed E-state index contributed by atoms with van der Waals surface area (Å²) in [7, 11) is 1.35. The first kappa shape index (κ1) is 10.9. The highest BCUT2D eigenvalue weighted by atomic mass is 16.5. The molecule has 1 aromatic heterocycles. The van der Waals surface area contributed by atoms with Crippen LogP contribution in [0.2, 0.25) is 0 Å². The third-order valence-corrected chi connectivity index (χ3v) is 1.72. The number of methoxy groups -OCH3 is 1. The van der Waals surface area contributed by atoms with E-state index in [0.29, 0.717) is 5.69 Å². The predicted molar refractivity (Wildman–Crippen MR) is 54.6 cm³/mol. The molecule has 0 bridgehead atoms. The van der Waals surface area contributed by atoms with Crippen molar-refractivity contribution < 1.29 is 9.53 Å². The number of carbonyl (C=O) groups excluding carboxylic acids is 1. The summed E-state index contributed by atoms with van der Waals surface area (Å²) in [4.78, 5) is 14.7. The lowest BCUT2D eigenvalue weighted by Crippen LogP contribution is -1.96. The molecule has 4 heteroatoms. The van der Waals surface area contributed by atoms with E-state index in [9.17, 15) is 4.79 Å². The smallest absolute Gasteiger partial charge is 0.309 e. The lowest BCUT2D eigenvalue weighted by atomic mass is 10.2. The Hall–Kier alpha value is -2.15. The quantitative estimate of drug-likeness (QED) is 0.697. The summed E-state index contributed by atoms with van der Waals surface area (Å²) in [5, 5.41) is 8.52. The first-order valence-corrected chi connectivity index (χ1v) is 4.36. The summed E-state index contributed by atoms with van der Waals surface area (Å²) in [6.07, 6.45) is 5.25.